The molecule has 162 valence electrons. The molecule has 0 atom stereocenters. The molecule has 0 aliphatic heterocycles. The van der Waals surface area contributed by atoms with Crippen LogP contribution in [-0.2, 0) is 16.2 Å². The van der Waals surface area contributed by atoms with Crippen LogP contribution in [0, 0.1) is 0 Å². The average molecular weight is 433 g/mol. The van der Waals surface area contributed by atoms with Crippen molar-refractivity contribution in [3.63, 3.8) is 0 Å². The average Bonchev–Trinajstić information content (AvgIpc) is 2.70. The maximum atomic E-state index is 12.3. The first-order chi connectivity index (χ1) is 14.3. The maximum Gasteiger partial charge on any atom is 0.263 e. The maximum absolute atomic E-state index is 12.3. The molecule has 2 aromatic rings. The van der Waals surface area contributed by atoms with Gasteiger partial charge in [-0.3, -0.25) is 4.79 Å². The summed E-state index contributed by atoms with van der Waals surface area (Å²) in [4.78, 5) is 19.2. The van der Waals surface area contributed by atoms with E-state index in [2.05, 4.69) is 5.16 Å². The van der Waals surface area contributed by atoms with Crippen LogP contribution in [0.5, 0.6) is 11.5 Å². The zero-order valence-electron chi connectivity index (χ0n) is 18.1. The van der Waals surface area contributed by atoms with E-state index in [4.69, 9.17) is 25.9 Å². The van der Waals surface area contributed by atoms with Gasteiger partial charge in [0.25, 0.3) is 5.91 Å². The van der Waals surface area contributed by atoms with Gasteiger partial charge in [0.2, 0.25) is 0 Å². The number of amides is 1. The lowest BCUT2D eigenvalue weighted by atomic mass is 10.2. The van der Waals surface area contributed by atoms with Crippen molar-refractivity contribution in [2.75, 3.05) is 13.7 Å². The molecule has 2 aromatic carbocycles. The molecule has 0 unspecified atom stereocenters. The van der Waals surface area contributed by atoms with Crippen LogP contribution < -0.4 is 9.47 Å². The lowest BCUT2D eigenvalue weighted by Gasteiger charge is -2.30. The van der Waals surface area contributed by atoms with E-state index in [1.165, 1.54) is 6.21 Å². The summed E-state index contributed by atoms with van der Waals surface area (Å²) in [6.45, 7) is 8.20. The minimum atomic E-state index is -0.105. The number of carbonyl (C=O) groups is 1. The Hall–Kier alpha value is -2.73. The second kappa shape index (κ2) is 11.5. The van der Waals surface area contributed by atoms with Crippen LogP contribution in [0.15, 0.2) is 47.6 Å². The van der Waals surface area contributed by atoms with Gasteiger partial charge in [0.1, 0.15) is 6.61 Å². The first-order valence-electron chi connectivity index (χ1n) is 9.83. The monoisotopic (exact) mass is 432 g/mol. The molecule has 30 heavy (non-hydrogen) atoms. The Morgan fingerprint density at radius 3 is 2.33 bits per heavy atom. The first-order valence-corrected chi connectivity index (χ1v) is 10.2. The minimum absolute atomic E-state index is 0.0966. The highest BCUT2D eigenvalue weighted by Gasteiger charge is 2.20. The Kier molecular flexibility index (Phi) is 8.99. The fourth-order valence-electron chi connectivity index (χ4n) is 3.06. The number of methoxy groups -OCH3 is 1. The van der Waals surface area contributed by atoms with E-state index in [9.17, 15) is 4.79 Å². The fourth-order valence-corrected chi connectivity index (χ4v) is 3.19. The highest BCUT2D eigenvalue weighted by atomic mass is 35.5. The second-order valence-corrected chi connectivity index (χ2v) is 7.76. The van der Waals surface area contributed by atoms with Crippen LogP contribution in [0.1, 0.15) is 38.8 Å². The SMILES string of the molecule is COc1cc(C=NOCC(=O)N(C(C)C)C(C)C)ccc1OCc1ccc(Cl)cc1. The third-order valence-electron chi connectivity index (χ3n) is 4.36. The molecule has 0 saturated carbocycles. The summed E-state index contributed by atoms with van der Waals surface area (Å²) in [7, 11) is 1.58. The Balaban J connectivity index is 1.93. The standard InChI is InChI=1S/C23H29ClN2O4/c1-16(2)26(17(3)4)23(27)15-30-25-13-19-8-11-21(22(12-19)28-5)29-14-18-6-9-20(24)10-7-18/h6-13,16-17H,14-15H2,1-5H3. The van der Waals surface area contributed by atoms with Gasteiger partial charge in [-0.15, -0.1) is 0 Å². The summed E-state index contributed by atoms with van der Waals surface area (Å²) >= 11 is 5.90. The number of halogens is 1. The van der Waals surface area contributed by atoms with Gasteiger partial charge in [0.15, 0.2) is 18.1 Å². The number of ether oxygens (including phenoxy) is 2. The lowest BCUT2D eigenvalue weighted by molar-refractivity contribution is -0.139. The van der Waals surface area contributed by atoms with Gasteiger partial charge in [0, 0.05) is 22.7 Å². The van der Waals surface area contributed by atoms with Crippen molar-refractivity contribution in [2.45, 2.75) is 46.4 Å². The summed E-state index contributed by atoms with van der Waals surface area (Å²) in [5.74, 6) is 1.10. The van der Waals surface area contributed by atoms with E-state index in [1.807, 2.05) is 58.0 Å². The summed E-state index contributed by atoms with van der Waals surface area (Å²) in [5, 5.41) is 4.59. The number of nitrogens with zero attached hydrogens (tertiary/aromatic N) is 2. The summed E-state index contributed by atoms with van der Waals surface area (Å²) in [5.41, 5.74) is 1.77. The lowest BCUT2D eigenvalue weighted by Crippen LogP contribution is -2.43. The van der Waals surface area contributed by atoms with Gasteiger partial charge in [-0.1, -0.05) is 28.9 Å². The predicted octanol–water partition coefficient (Wildman–Crippen LogP) is 4.92. The molecule has 0 N–H and O–H groups in total. The molecule has 2 rings (SSSR count). The molecule has 0 spiro atoms. The molecule has 0 aliphatic rings. The molecule has 0 saturated heterocycles. The van der Waals surface area contributed by atoms with Gasteiger partial charge in [-0.2, -0.15) is 0 Å². The van der Waals surface area contributed by atoms with Gasteiger partial charge >= 0.3 is 0 Å². The van der Waals surface area contributed by atoms with Gasteiger partial charge in [-0.05, 0) is 63.6 Å². The summed E-state index contributed by atoms with van der Waals surface area (Å²) in [6, 6.07) is 13.1. The minimum Gasteiger partial charge on any atom is -0.493 e. The van der Waals surface area contributed by atoms with Crippen LogP contribution >= 0.6 is 11.6 Å². The van der Waals surface area contributed by atoms with E-state index in [1.54, 1.807) is 24.1 Å². The van der Waals surface area contributed by atoms with Crippen LogP contribution in [-0.4, -0.2) is 42.8 Å². The quantitative estimate of drug-likeness (QED) is 0.394. The largest absolute Gasteiger partial charge is 0.493 e. The predicted molar refractivity (Wildman–Crippen MR) is 119 cm³/mol. The third-order valence-corrected chi connectivity index (χ3v) is 4.61. The zero-order chi connectivity index (χ0) is 22.1. The summed E-state index contributed by atoms with van der Waals surface area (Å²) < 4.78 is 11.3. The van der Waals surface area contributed by atoms with Crippen molar-refractivity contribution in [3.8, 4) is 11.5 Å². The molecule has 0 radical (unpaired) electrons. The third kappa shape index (κ3) is 6.95. The van der Waals surface area contributed by atoms with E-state index >= 15 is 0 Å². The number of oxime groups is 1. The molecule has 0 aromatic heterocycles. The normalized spacial score (nSPS) is 11.2. The van der Waals surface area contributed by atoms with Crippen molar-refractivity contribution in [1.29, 1.82) is 0 Å². The smallest absolute Gasteiger partial charge is 0.263 e. The van der Waals surface area contributed by atoms with Gasteiger partial charge in [0.05, 0.1) is 13.3 Å². The second-order valence-electron chi connectivity index (χ2n) is 7.32. The molecular weight excluding hydrogens is 404 g/mol. The van der Waals surface area contributed by atoms with Gasteiger partial charge in [-0.25, -0.2) is 0 Å². The Morgan fingerprint density at radius 1 is 1.07 bits per heavy atom. The van der Waals surface area contributed by atoms with Gasteiger partial charge < -0.3 is 19.2 Å². The van der Waals surface area contributed by atoms with Crippen molar-refractivity contribution in [2.24, 2.45) is 5.16 Å². The molecule has 6 nitrogen and oxygen atoms in total. The van der Waals surface area contributed by atoms with Crippen molar-refractivity contribution < 1.29 is 19.1 Å². The van der Waals surface area contributed by atoms with E-state index < -0.39 is 0 Å². The van der Waals surface area contributed by atoms with E-state index in [-0.39, 0.29) is 24.6 Å². The number of rotatable bonds is 10. The van der Waals surface area contributed by atoms with Crippen LogP contribution in [0.2, 0.25) is 5.02 Å². The number of hydrogen-bond acceptors (Lipinski definition) is 5. The fraction of sp³-hybridized carbons (Fsp3) is 0.391. The number of carbonyl (C=O) groups excluding carboxylic acids is 1. The molecule has 0 heterocycles. The zero-order valence-corrected chi connectivity index (χ0v) is 18.8. The Morgan fingerprint density at radius 2 is 1.73 bits per heavy atom. The molecule has 0 fully saturated rings. The van der Waals surface area contributed by atoms with Crippen LogP contribution in [0.4, 0.5) is 0 Å². The van der Waals surface area contributed by atoms with Crippen LogP contribution in [0.3, 0.4) is 0 Å². The van der Waals surface area contributed by atoms with E-state index in [0.717, 1.165) is 11.1 Å². The Bertz CT molecular complexity index is 843. The van der Waals surface area contributed by atoms with Crippen molar-refractivity contribution >= 4 is 23.7 Å². The summed E-state index contributed by atoms with van der Waals surface area (Å²) in [6.07, 6.45) is 1.54. The molecule has 7 heteroatoms. The first kappa shape index (κ1) is 23.5. The van der Waals surface area contributed by atoms with Crippen LogP contribution in [0.25, 0.3) is 0 Å². The Labute approximate surface area is 183 Å². The highest BCUT2D eigenvalue weighted by molar-refractivity contribution is 6.30. The number of benzene rings is 2. The molecule has 1 amide bonds. The molecular formula is C23H29ClN2O4. The highest BCUT2D eigenvalue weighted by Crippen LogP contribution is 2.28. The van der Waals surface area contributed by atoms with E-state index in [0.29, 0.717) is 23.1 Å². The molecule has 0 aliphatic carbocycles. The number of hydrogen-bond donors (Lipinski definition) is 0. The molecule has 0 bridgehead atoms. The van der Waals surface area contributed by atoms with Crippen molar-refractivity contribution in [1.82, 2.24) is 4.90 Å². The topological polar surface area (TPSA) is 60.4 Å². The van der Waals surface area contributed by atoms with Crippen molar-refractivity contribution in [3.05, 3.63) is 58.6 Å².